The van der Waals surface area contributed by atoms with Gasteiger partial charge in [0.2, 0.25) is 23.0 Å². The normalized spacial score (nSPS) is 15.0. The minimum Gasteiger partial charge on any atom is -0.493 e. The van der Waals surface area contributed by atoms with Crippen molar-refractivity contribution in [3.05, 3.63) is 74.3 Å². The summed E-state index contributed by atoms with van der Waals surface area (Å²) < 4.78 is 20.3. The fourth-order valence-corrected chi connectivity index (χ4v) is 6.50. The van der Waals surface area contributed by atoms with E-state index in [2.05, 4.69) is 16.0 Å². The number of amides is 2. The number of carbonyl (C=O) groups excluding carboxylic acids is 2. The Kier molecular flexibility index (Phi) is 9.83. The molecule has 0 saturated heterocycles. The molecule has 0 bridgehead atoms. The van der Waals surface area contributed by atoms with E-state index < -0.39 is 12.1 Å². The Bertz CT molecular complexity index is 2020. The minimum atomic E-state index is -0.766. The number of aromatic nitrogens is 2. The van der Waals surface area contributed by atoms with Crippen molar-refractivity contribution >= 4 is 34.2 Å². The molecule has 0 saturated carbocycles. The molecule has 0 aliphatic heterocycles. The lowest BCUT2D eigenvalue weighted by molar-refractivity contribution is -0.120. The number of benzene rings is 2. The van der Waals surface area contributed by atoms with Crippen LogP contribution in [0.1, 0.15) is 50.8 Å². The molecule has 1 aliphatic rings. The average molecular weight is 658 g/mol. The van der Waals surface area contributed by atoms with Gasteiger partial charge in [0.15, 0.2) is 11.5 Å². The number of nitrogens with zero attached hydrogens (tertiary/aromatic N) is 2. The molecule has 3 aromatic carbocycles. The van der Waals surface area contributed by atoms with Crippen molar-refractivity contribution in [1.29, 1.82) is 0 Å². The van der Waals surface area contributed by atoms with Crippen molar-refractivity contribution in [3.8, 4) is 28.4 Å². The van der Waals surface area contributed by atoms with E-state index >= 15 is 0 Å². The van der Waals surface area contributed by atoms with Gasteiger partial charge in [0.1, 0.15) is 6.04 Å². The summed E-state index contributed by atoms with van der Waals surface area (Å²) in [5, 5.41) is 9.23. The molecule has 254 valence electrons. The molecule has 12 heteroatoms. The molecule has 0 fully saturated rings. The van der Waals surface area contributed by atoms with Crippen LogP contribution in [0.3, 0.4) is 0 Å². The Morgan fingerprint density at radius 1 is 0.938 bits per heavy atom. The zero-order chi connectivity index (χ0) is 34.9. The van der Waals surface area contributed by atoms with E-state index in [1.54, 1.807) is 57.1 Å². The molecule has 1 aromatic heterocycles. The summed E-state index contributed by atoms with van der Waals surface area (Å²) in [7, 11) is 8.03. The minimum absolute atomic E-state index is 0.151. The van der Waals surface area contributed by atoms with Crippen molar-refractivity contribution in [2.24, 2.45) is 20.0 Å². The van der Waals surface area contributed by atoms with Gasteiger partial charge in [-0.05, 0) is 71.8 Å². The van der Waals surface area contributed by atoms with Crippen LogP contribution in [0.25, 0.3) is 22.2 Å². The first-order valence-electron chi connectivity index (χ1n) is 15.9. The number of ether oxygens (including phenoxy) is 3. The molecular weight excluding hydrogens is 614 g/mol. The lowest BCUT2D eigenvalue weighted by atomic mass is 9.95. The summed E-state index contributed by atoms with van der Waals surface area (Å²) in [6.07, 6.45) is 1.77. The summed E-state index contributed by atoms with van der Waals surface area (Å²) in [5.41, 5.74) is 4.66. The molecule has 12 nitrogen and oxygen atoms in total. The zero-order valence-corrected chi connectivity index (χ0v) is 28.6. The Labute approximate surface area is 279 Å². The molecule has 2 amide bonds. The highest BCUT2D eigenvalue weighted by atomic mass is 16.5. The SMILES string of the molecule is CC[C@@H](C)[C@H](Nc1ccc2c(cc1=O)[C@@H](NC(C)=O)CCc1cc(OC)c(OC)c(OC)c1-2)C(=O)Nc1ccc2c(c1)n(C)c(=O)n2C. The van der Waals surface area contributed by atoms with E-state index in [4.69, 9.17) is 14.2 Å². The fraction of sp³-hybridized carbons (Fsp3) is 0.389. The van der Waals surface area contributed by atoms with Crippen LogP contribution in [0.15, 0.2) is 52.1 Å². The molecule has 4 aromatic rings. The fourth-order valence-electron chi connectivity index (χ4n) is 6.50. The second kappa shape index (κ2) is 13.8. The number of rotatable bonds is 10. The molecule has 3 atom stereocenters. The third-order valence-electron chi connectivity index (χ3n) is 9.26. The molecule has 0 spiro atoms. The lowest BCUT2D eigenvalue weighted by Crippen LogP contribution is -2.40. The van der Waals surface area contributed by atoms with Gasteiger partial charge in [-0.25, -0.2) is 4.79 Å². The molecule has 0 unspecified atom stereocenters. The second-order valence-corrected chi connectivity index (χ2v) is 12.2. The van der Waals surface area contributed by atoms with Crippen LogP contribution in [0.4, 0.5) is 11.4 Å². The molecule has 48 heavy (non-hydrogen) atoms. The van der Waals surface area contributed by atoms with Crippen LogP contribution in [-0.2, 0) is 30.1 Å². The summed E-state index contributed by atoms with van der Waals surface area (Å²) in [6, 6.07) is 11.0. The first kappa shape index (κ1) is 34.1. The van der Waals surface area contributed by atoms with E-state index in [1.807, 2.05) is 26.0 Å². The molecular formula is C36H43N5O7. The van der Waals surface area contributed by atoms with Gasteiger partial charge in [0.25, 0.3) is 0 Å². The Morgan fingerprint density at radius 3 is 2.29 bits per heavy atom. The Balaban J connectivity index is 1.59. The number of carbonyl (C=O) groups is 2. The van der Waals surface area contributed by atoms with Crippen LogP contribution < -0.4 is 41.3 Å². The van der Waals surface area contributed by atoms with Crippen molar-refractivity contribution in [2.75, 3.05) is 32.0 Å². The van der Waals surface area contributed by atoms with Gasteiger partial charge in [-0.15, -0.1) is 0 Å². The van der Waals surface area contributed by atoms with E-state index in [1.165, 1.54) is 24.7 Å². The number of aryl methyl sites for hydroxylation is 3. The Morgan fingerprint density at radius 2 is 1.65 bits per heavy atom. The summed E-state index contributed by atoms with van der Waals surface area (Å²) in [4.78, 5) is 52.5. The number of hydrogen-bond donors (Lipinski definition) is 3. The van der Waals surface area contributed by atoms with Gasteiger partial charge in [-0.3, -0.25) is 23.5 Å². The maximum atomic E-state index is 14.0. The Hall–Kier alpha value is -5.26. The number of fused-ring (bicyclic) bond motifs is 4. The summed E-state index contributed by atoms with van der Waals surface area (Å²) in [5.74, 6) is 0.681. The highest BCUT2D eigenvalue weighted by Crippen LogP contribution is 2.50. The zero-order valence-electron chi connectivity index (χ0n) is 28.6. The number of hydrogen-bond acceptors (Lipinski definition) is 8. The molecule has 1 heterocycles. The van der Waals surface area contributed by atoms with Gasteiger partial charge in [-0.2, -0.15) is 0 Å². The summed E-state index contributed by atoms with van der Waals surface area (Å²) >= 11 is 0. The van der Waals surface area contributed by atoms with Gasteiger partial charge in [0.05, 0.1) is 44.1 Å². The first-order valence-corrected chi connectivity index (χ1v) is 15.9. The number of anilines is 2. The topological polar surface area (TPSA) is 142 Å². The standard InChI is InChI=1S/C36H43N5O7/c1-9-19(2)32(35(44)38-22-11-15-27-28(17-22)41(5)36(45)40(27)4)39-26-14-12-23-24(18-29(26)43)25(37-20(3)42)13-10-21-16-30(46-6)33(47-7)34(48-8)31(21)23/h11-12,14-19,25,32H,9-10,13H2,1-8H3,(H,37,42)(H,38,44)(H,39,43)/t19-,25+,32+/m1/s1. The van der Waals surface area contributed by atoms with E-state index in [-0.39, 0.29) is 34.5 Å². The largest absolute Gasteiger partial charge is 0.493 e. The van der Waals surface area contributed by atoms with Crippen LogP contribution >= 0.6 is 0 Å². The van der Waals surface area contributed by atoms with Crippen LogP contribution in [0.2, 0.25) is 0 Å². The quantitative estimate of drug-likeness (QED) is 0.226. The van der Waals surface area contributed by atoms with E-state index in [9.17, 15) is 19.2 Å². The maximum Gasteiger partial charge on any atom is 0.328 e. The predicted molar refractivity (Wildman–Crippen MR) is 186 cm³/mol. The van der Waals surface area contributed by atoms with Crippen molar-refractivity contribution in [2.45, 2.75) is 52.1 Å². The highest BCUT2D eigenvalue weighted by molar-refractivity contribution is 5.98. The second-order valence-electron chi connectivity index (χ2n) is 12.2. The molecule has 1 aliphatic carbocycles. The highest BCUT2D eigenvalue weighted by Gasteiger charge is 2.30. The maximum absolute atomic E-state index is 14.0. The van der Waals surface area contributed by atoms with Crippen molar-refractivity contribution in [1.82, 2.24) is 14.5 Å². The van der Waals surface area contributed by atoms with Crippen LogP contribution in [0.5, 0.6) is 17.2 Å². The van der Waals surface area contributed by atoms with Crippen LogP contribution in [-0.4, -0.2) is 48.3 Å². The lowest BCUT2D eigenvalue weighted by Gasteiger charge is -2.24. The van der Waals surface area contributed by atoms with Crippen molar-refractivity contribution in [3.63, 3.8) is 0 Å². The van der Waals surface area contributed by atoms with Gasteiger partial charge in [-0.1, -0.05) is 26.3 Å². The molecule has 5 rings (SSSR count). The smallest absolute Gasteiger partial charge is 0.328 e. The third-order valence-corrected chi connectivity index (χ3v) is 9.26. The average Bonchev–Trinajstić information content (AvgIpc) is 3.18. The van der Waals surface area contributed by atoms with E-state index in [0.717, 1.165) is 16.6 Å². The summed E-state index contributed by atoms with van der Waals surface area (Å²) in [6.45, 7) is 5.37. The van der Waals surface area contributed by atoms with Crippen molar-refractivity contribution < 1.29 is 23.8 Å². The van der Waals surface area contributed by atoms with E-state index in [0.29, 0.717) is 58.8 Å². The van der Waals surface area contributed by atoms with Crippen LogP contribution in [0, 0.1) is 5.92 Å². The van der Waals surface area contributed by atoms with Gasteiger partial charge >= 0.3 is 5.69 Å². The number of nitrogens with one attached hydrogen (secondary N) is 3. The van der Waals surface area contributed by atoms with Gasteiger partial charge in [0, 0.05) is 32.3 Å². The predicted octanol–water partition coefficient (Wildman–Crippen LogP) is 4.52. The molecule has 3 N–H and O–H groups in total. The van der Waals surface area contributed by atoms with Gasteiger partial charge < -0.3 is 30.2 Å². The number of methoxy groups -OCH3 is 3. The molecule has 0 radical (unpaired) electrons. The third kappa shape index (κ3) is 6.22. The monoisotopic (exact) mass is 657 g/mol. The first-order chi connectivity index (χ1) is 22.9. The number of imidazole rings is 1.